The summed E-state index contributed by atoms with van der Waals surface area (Å²) in [5, 5.41) is 21.6. The van der Waals surface area contributed by atoms with Crippen LogP contribution >= 0.6 is 0 Å². The van der Waals surface area contributed by atoms with E-state index in [1.807, 2.05) is 6.07 Å². The van der Waals surface area contributed by atoms with Crippen molar-refractivity contribution >= 4 is 6.08 Å². The molecule has 0 aliphatic heterocycles. The van der Waals surface area contributed by atoms with Gasteiger partial charge in [0.05, 0.1) is 11.2 Å². The predicted molar refractivity (Wildman–Crippen MR) is 118 cm³/mol. The number of rotatable bonds is 2. The maximum absolute atomic E-state index is 13.1. The smallest absolute Gasteiger partial charge is 0.416 e. The molecule has 170 valence electrons. The lowest BCUT2D eigenvalue weighted by molar-refractivity contribution is -0.137. The number of phenols is 1. The summed E-state index contributed by atoms with van der Waals surface area (Å²) < 4.78 is 39.2. The summed E-state index contributed by atoms with van der Waals surface area (Å²) >= 11 is 0. The monoisotopic (exact) mass is 442 g/mol. The molecule has 2 nitrogen and oxygen atoms in total. The van der Waals surface area contributed by atoms with Crippen molar-refractivity contribution in [1.29, 1.82) is 0 Å². The van der Waals surface area contributed by atoms with Crippen molar-refractivity contribution in [2.24, 2.45) is 17.3 Å². The van der Waals surface area contributed by atoms with Gasteiger partial charge in [-0.25, -0.2) is 0 Å². The van der Waals surface area contributed by atoms with Gasteiger partial charge in [0.15, 0.2) is 0 Å². The molecule has 0 amide bonds. The summed E-state index contributed by atoms with van der Waals surface area (Å²) in [5.41, 5.74) is 1.06. The third-order valence-electron chi connectivity index (χ3n) is 8.69. The molecular weight excluding hydrogens is 413 g/mol. The zero-order valence-corrected chi connectivity index (χ0v) is 18.2. The Balaban J connectivity index is 1.41. The lowest BCUT2D eigenvalue weighted by atomic mass is 9.53. The molecule has 5 rings (SSSR count). The number of aryl methyl sites for hydroxylation is 1. The first-order chi connectivity index (χ1) is 15.1. The second kappa shape index (κ2) is 7.38. The summed E-state index contributed by atoms with van der Waals surface area (Å²) in [6.45, 7) is 2.17. The predicted octanol–water partition coefficient (Wildman–Crippen LogP) is 6.71. The number of phenolic OH excluding ortho intramolecular Hbond substituents is 1. The minimum absolute atomic E-state index is 0.291. The van der Waals surface area contributed by atoms with Crippen LogP contribution in [0.25, 0.3) is 6.08 Å². The molecule has 0 aromatic heterocycles. The maximum atomic E-state index is 13.1. The zero-order valence-electron chi connectivity index (χ0n) is 18.2. The first-order valence-electron chi connectivity index (χ1n) is 11.5. The third-order valence-corrected chi connectivity index (χ3v) is 8.69. The first-order valence-corrected chi connectivity index (χ1v) is 11.5. The lowest BCUT2D eigenvalue weighted by Crippen LogP contribution is -2.49. The van der Waals surface area contributed by atoms with E-state index in [4.69, 9.17) is 0 Å². The van der Waals surface area contributed by atoms with Crippen LogP contribution in [-0.4, -0.2) is 15.8 Å². The molecule has 5 heteroatoms. The second-order valence-corrected chi connectivity index (χ2v) is 10.2. The number of aromatic hydroxyl groups is 1. The Morgan fingerprint density at radius 1 is 1.03 bits per heavy atom. The topological polar surface area (TPSA) is 40.5 Å². The fourth-order valence-electron chi connectivity index (χ4n) is 6.95. The van der Waals surface area contributed by atoms with Gasteiger partial charge in [-0.15, -0.1) is 0 Å². The van der Waals surface area contributed by atoms with Gasteiger partial charge in [0, 0.05) is 5.41 Å². The number of fused-ring (bicyclic) bond motifs is 5. The van der Waals surface area contributed by atoms with Crippen LogP contribution in [-0.2, 0) is 12.6 Å². The summed E-state index contributed by atoms with van der Waals surface area (Å²) in [5.74, 6) is 1.63. The van der Waals surface area contributed by atoms with Crippen molar-refractivity contribution in [2.75, 3.05) is 0 Å². The highest BCUT2D eigenvalue weighted by Gasteiger charge is 2.60. The number of aliphatic hydroxyl groups is 1. The van der Waals surface area contributed by atoms with E-state index in [-0.39, 0.29) is 5.41 Å². The molecule has 2 saturated carbocycles. The molecule has 0 unspecified atom stereocenters. The minimum atomic E-state index is -4.38. The molecule has 0 radical (unpaired) electrons. The number of halogens is 3. The number of alkyl halides is 3. The molecule has 0 spiro atoms. The molecule has 2 N–H and O–H groups in total. The van der Waals surface area contributed by atoms with Gasteiger partial charge in [-0.05, 0) is 97.2 Å². The van der Waals surface area contributed by atoms with Crippen molar-refractivity contribution in [2.45, 2.75) is 63.1 Å². The van der Waals surface area contributed by atoms with Gasteiger partial charge < -0.3 is 10.2 Å². The van der Waals surface area contributed by atoms with Crippen LogP contribution in [0, 0.1) is 17.3 Å². The molecule has 0 bridgehead atoms. The molecule has 0 heterocycles. The van der Waals surface area contributed by atoms with Gasteiger partial charge in [0.1, 0.15) is 5.75 Å². The van der Waals surface area contributed by atoms with Gasteiger partial charge >= 0.3 is 6.18 Å². The van der Waals surface area contributed by atoms with Gasteiger partial charge in [-0.2, -0.15) is 13.2 Å². The summed E-state index contributed by atoms with van der Waals surface area (Å²) in [4.78, 5) is 0. The fourth-order valence-corrected chi connectivity index (χ4v) is 6.95. The molecule has 5 atom stereocenters. The van der Waals surface area contributed by atoms with Gasteiger partial charge in [-0.1, -0.05) is 37.3 Å². The van der Waals surface area contributed by atoms with E-state index in [0.717, 1.165) is 44.2 Å². The highest BCUT2D eigenvalue weighted by Crippen LogP contribution is 2.64. The summed E-state index contributed by atoms with van der Waals surface area (Å²) in [6.07, 6.45) is 4.45. The van der Waals surface area contributed by atoms with Crippen LogP contribution in [0.15, 0.2) is 48.5 Å². The van der Waals surface area contributed by atoms with Crippen molar-refractivity contribution in [3.05, 3.63) is 70.8 Å². The van der Waals surface area contributed by atoms with Crippen LogP contribution in [0.2, 0.25) is 0 Å². The molecule has 32 heavy (non-hydrogen) atoms. The normalized spacial score (nSPS) is 34.2. The highest BCUT2D eigenvalue weighted by atomic mass is 19.4. The molecule has 2 aromatic carbocycles. The molecule has 0 saturated heterocycles. The van der Waals surface area contributed by atoms with Crippen molar-refractivity contribution in [3.8, 4) is 5.75 Å². The van der Waals surface area contributed by atoms with Crippen LogP contribution in [0.3, 0.4) is 0 Å². The van der Waals surface area contributed by atoms with Crippen molar-refractivity contribution in [3.63, 3.8) is 0 Å². The average molecular weight is 443 g/mol. The number of benzene rings is 2. The van der Waals surface area contributed by atoms with Crippen LogP contribution in [0.4, 0.5) is 13.2 Å². The minimum Gasteiger partial charge on any atom is -0.508 e. The maximum Gasteiger partial charge on any atom is 0.416 e. The Morgan fingerprint density at radius 3 is 2.62 bits per heavy atom. The van der Waals surface area contributed by atoms with Crippen LogP contribution in [0.1, 0.15) is 67.2 Å². The van der Waals surface area contributed by atoms with Crippen molar-refractivity contribution < 1.29 is 23.4 Å². The van der Waals surface area contributed by atoms with E-state index in [0.29, 0.717) is 35.5 Å². The van der Waals surface area contributed by atoms with Crippen LogP contribution < -0.4 is 0 Å². The van der Waals surface area contributed by atoms with E-state index in [9.17, 15) is 23.4 Å². The number of hydrogen-bond donors (Lipinski definition) is 2. The van der Waals surface area contributed by atoms with E-state index in [2.05, 4.69) is 13.0 Å². The highest BCUT2D eigenvalue weighted by molar-refractivity contribution is 5.53. The Labute approximate surface area is 186 Å². The molecular formula is C27H29F3O2. The molecule has 3 aliphatic rings. The Hall–Kier alpha value is -2.27. The SMILES string of the molecule is C[C@]12CC[C@@H]3c4ccc(O)cc4CC[C@H]3[C@@H]1CC[C@@]2(O)/C=C/c1cccc(C(F)(F)F)c1. The Bertz CT molecular complexity index is 1060. The average Bonchev–Trinajstić information content (AvgIpc) is 3.03. The van der Waals surface area contributed by atoms with E-state index in [1.54, 1.807) is 24.3 Å². The summed E-state index contributed by atoms with van der Waals surface area (Å²) in [6, 6.07) is 11.0. The quantitative estimate of drug-likeness (QED) is 0.543. The first kappa shape index (κ1) is 21.6. The van der Waals surface area contributed by atoms with Crippen molar-refractivity contribution in [1.82, 2.24) is 0 Å². The number of hydrogen-bond acceptors (Lipinski definition) is 2. The van der Waals surface area contributed by atoms with Crippen LogP contribution in [0.5, 0.6) is 5.75 Å². The standard InChI is InChI=1S/C27H29F3O2/c1-25-12-10-22-21-8-6-20(31)16-18(21)5-7-23(22)24(25)11-14-26(25,32)13-9-17-3-2-4-19(15-17)27(28,29)30/h2-4,6,8-9,13,15-16,22-24,31-32H,5,7,10-12,14H2,1H3/b13-9+/t22-,23-,24+,25+,26+/m1/s1. The zero-order chi connectivity index (χ0) is 22.7. The van der Waals surface area contributed by atoms with Gasteiger partial charge in [-0.3, -0.25) is 0 Å². The largest absolute Gasteiger partial charge is 0.508 e. The lowest BCUT2D eigenvalue weighted by Gasteiger charge is -2.52. The second-order valence-electron chi connectivity index (χ2n) is 10.2. The van der Waals surface area contributed by atoms with E-state index < -0.39 is 17.3 Å². The van der Waals surface area contributed by atoms with E-state index >= 15 is 0 Å². The Kier molecular flexibility index (Phi) is 4.97. The molecule has 3 aliphatic carbocycles. The van der Waals surface area contributed by atoms with Gasteiger partial charge in [0.2, 0.25) is 0 Å². The molecule has 2 aromatic rings. The molecule has 2 fully saturated rings. The van der Waals surface area contributed by atoms with E-state index in [1.165, 1.54) is 17.2 Å². The van der Waals surface area contributed by atoms with Gasteiger partial charge in [0.25, 0.3) is 0 Å². The Morgan fingerprint density at radius 2 is 1.84 bits per heavy atom. The fraction of sp³-hybridized carbons (Fsp3) is 0.481. The third kappa shape index (κ3) is 3.37. The summed E-state index contributed by atoms with van der Waals surface area (Å²) in [7, 11) is 0.